The third-order valence-corrected chi connectivity index (χ3v) is 10.2. The highest BCUT2D eigenvalue weighted by atomic mass is 14.9. The monoisotopic (exact) mass is 688 g/mol. The second-order valence-corrected chi connectivity index (χ2v) is 13.5. The number of para-hydroxylation sites is 1. The molecule has 4 heteroatoms. The summed E-state index contributed by atoms with van der Waals surface area (Å²) in [5.74, 6) is 0.648. The maximum Gasteiger partial charge on any atom is 0.160 e. The zero-order valence-electron chi connectivity index (χ0n) is 29.3. The molecule has 3 heterocycles. The average molecular weight is 689 g/mol. The van der Waals surface area contributed by atoms with Crippen LogP contribution in [0.15, 0.2) is 195 Å². The second-order valence-electron chi connectivity index (χ2n) is 13.5. The lowest BCUT2D eigenvalue weighted by atomic mass is 9.85. The van der Waals surface area contributed by atoms with Gasteiger partial charge in [-0.2, -0.15) is 0 Å². The molecule has 0 fully saturated rings. The summed E-state index contributed by atoms with van der Waals surface area (Å²) in [6.45, 7) is 0. The van der Waals surface area contributed by atoms with Gasteiger partial charge in [-0.15, -0.1) is 0 Å². The summed E-state index contributed by atoms with van der Waals surface area (Å²) >= 11 is 0. The van der Waals surface area contributed by atoms with E-state index in [0.717, 1.165) is 55.7 Å². The number of rotatable bonds is 6. The van der Waals surface area contributed by atoms with E-state index < -0.39 is 0 Å². The van der Waals surface area contributed by atoms with Crippen molar-refractivity contribution in [2.24, 2.45) is 0 Å². The molecule has 10 rings (SSSR count). The number of hydrogen-bond donors (Lipinski definition) is 0. The molecule has 0 aliphatic carbocycles. The summed E-state index contributed by atoms with van der Waals surface area (Å²) in [6, 6.07) is 61.9. The molecule has 3 aromatic heterocycles. The van der Waals surface area contributed by atoms with Gasteiger partial charge in [-0.25, -0.2) is 9.97 Å². The molecule has 0 unspecified atom stereocenters. The highest BCUT2D eigenvalue weighted by molar-refractivity contribution is 6.21. The Kier molecular flexibility index (Phi) is 7.77. The fourth-order valence-electron chi connectivity index (χ4n) is 7.64. The van der Waals surface area contributed by atoms with E-state index in [1.54, 1.807) is 6.20 Å². The largest absolute Gasteiger partial charge is 0.264 e. The summed E-state index contributed by atoms with van der Waals surface area (Å²) in [6.07, 6.45) is 5.59. The molecule has 0 saturated carbocycles. The predicted molar refractivity (Wildman–Crippen MR) is 223 cm³/mol. The van der Waals surface area contributed by atoms with Crippen LogP contribution in [0.3, 0.4) is 0 Å². The van der Waals surface area contributed by atoms with Crippen molar-refractivity contribution >= 4 is 32.4 Å². The number of fused-ring (bicyclic) bond motifs is 3. The van der Waals surface area contributed by atoms with Crippen molar-refractivity contribution in [3.05, 3.63) is 195 Å². The Labute approximate surface area is 313 Å². The third-order valence-electron chi connectivity index (χ3n) is 10.2. The van der Waals surface area contributed by atoms with Gasteiger partial charge in [0.1, 0.15) is 0 Å². The van der Waals surface area contributed by atoms with Crippen LogP contribution in [0.25, 0.3) is 99.7 Å². The van der Waals surface area contributed by atoms with Crippen LogP contribution in [0.1, 0.15) is 0 Å². The van der Waals surface area contributed by atoms with Crippen molar-refractivity contribution in [1.29, 1.82) is 0 Å². The summed E-state index contributed by atoms with van der Waals surface area (Å²) in [7, 11) is 0. The van der Waals surface area contributed by atoms with Crippen LogP contribution >= 0.6 is 0 Å². The zero-order valence-corrected chi connectivity index (χ0v) is 29.3. The zero-order chi connectivity index (χ0) is 35.8. The first-order chi connectivity index (χ1) is 26.8. The van der Waals surface area contributed by atoms with E-state index >= 15 is 0 Å². The summed E-state index contributed by atoms with van der Waals surface area (Å²) in [5.41, 5.74) is 12.4. The predicted octanol–water partition coefficient (Wildman–Crippen LogP) is 12.7. The van der Waals surface area contributed by atoms with Crippen molar-refractivity contribution in [1.82, 2.24) is 19.9 Å². The van der Waals surface area contributed by atoms with Crippen LogP contribution in [0, 0.1) is 0 Å². The average Bonchev–Trinajstić information content (AvgIpc) is 3.26. The van der Waals surface area contributed by atoms with Gasteiger partial charge in [-0.05, 0) is 85.8 Å². The Hall–Kier alpha value is -7.30. The molecule has 0 atom stereocenters. The van der Waals surface area contributed by atoms with Gasteiger partial charge in [0.15, 0.2) is 5.82 Å². The lowest BCUT2D eigenvalue weighted by Crippen LogP contribution is -1.97. The fourth-order valence-corrected chi connectivity index (χ4v) is 7.64. The molecule has 0 bridgehead atoms. The van der Waals surface area contributed by atoms with Crippen molar-refractivity contribution in [2.75, 3.05) is 0 Å². The number of aromatic nitrogens is 4. The molecule has 7 aromatic carbocycles. The fraction of sp³-hybridized carbons (Fsp3) is 0. The van der Waals surface area contributed by atoms with Gasteiger partial charge >= 0.3 is 0 Å². The third kappa shape index (κ3) is 5.67. The van der Waals surface area contributed by atoms with Gasteiger partial charge in [0.2, 0.25) is 0 Å². The van der Waals surface area contributed by atoms with Crippen LogP contribution in [-0.2, 0) is 0 Å². The van der Waals surface area contributed by atoms with E-state index in [4.69, 9.17) is 15.0 Å². The van der Waals surface area contributed by atoms with Crippen molar-refractivity contribution in [2.45, 2.75) is 0 Å². The van der Waals surface area contributed by atoms with E-state index in [9.17, 15) is 0 Å². The number of hydrogen-bond acceptors (Lipinski definition) is 4. The molecule has 0 aliphatic rings. The molecule has 10 aromatic rings. The minimum Gasteiger partial charge on any atom is -0.264 e. The maximum atomic E-state index is 5.26. The van der Waals surface area contributed by atoms with Crippen molar-refractivity contribution in [3.8, 4) is 67.3 Å². The van der Waals surface area contributed by atoms with Gasteiger partial charge in [-0.3, -0.25) is 9.97 Å². The Morgan fingerprint density at radius 3 is 1.61 bits per heavy atom. The van der Waals surface area contributed by atoms with Crippen LogP contribution in [-0.4, -0.2) is 19.9 Å². The molecular weight excluding hydrogens is 657 g/mol. The smallest absolute Gasteiger partial charge is 0.160 e. The van der Waals surface area contributed by atoms with E-state index in [1.807, 2.05) is 36.7 Å². The highest BCUT2D eigenvalue weighted by Crippen LogP contribution is 2.44. The topological polar surface area (TPSA) is 51.6 Å². The molecule has 252 valence electrons. The minimum absolute atomic E-state index is 0.648. The lowest BCUT2D eigenvalue weighted by Gasteiger charge is -2.18. The molecule has 0 spiro atoms. The van der Waals surface area contributed by atoms with Crippen LogP contribution in [0.5, 0.6) is 0 Å². The highest BCUT2D eigenvalue weighted by Gasteiger charge is 2.18. The molecular formula is C50H32N4. The Morgan fingerprint density at radius 1 is 0.333 bits per heavy atom. The van der Waals surface area contributed by atoms with E-state index in [2.05, 4.69) is 157 Å². The first kappa shape index (κ1) is 31.4. The molecule has 0 saturated heterocycles. The first-order valence-corrected chi connectivity index (χ1v) is 18.1. The molecule has 0 radical (unpaired) electrons. The Morgan fingerprint density at radius 2 is 0.889 bits per heavy atom. The van der Waals surface area contributed by atoms with Gasteiger partial charge < -0.3 is 0 Å². The van der Waals surface area contributed by atoms with Crippen molar-refractivity contribution in [3.63, 3.8) is 0 Å². The summed E-state index contributed by atoms with van der Waals surface area (Å²) in [4.78, 5) is 19.6. The number of pyridine rings is 2. The Bertz CT molecular complexity index is 2940. The maximum absolute atomic E-state index is 5.26. The standard InChI is InChI=1S/C50H32N4/c1-2-13-33(14-3-1)48-41-21-5-7-23-43(41)49(44-24-8-6-22-42(44)48)37-18-11-17-36(28-37)46-30-47(40-29-35-15-4-9-25-45(35)52-32-40)54-50(53-46)38-19-10-16-34(27-38)39-20-12-26-51-31-39/h1-32H. The quantitative estimate of drug-likeness (QED) is 0.163. The first-order valence-electron chi connectivity index (χ1n) is 18.1. The summed E-state index contributed by atoms with van der Waals surface area (Å²) < 4.78 is 0. The molecule has 4 nitrogen and oxygen atoms in total. The van der Waals surface area contributed by atoms with E-state index in [-0.39, 0.29) is 0 Å². The van der Waals surface area contributed by atoms with Crippen LogP contribution < -0.4 is 0 Å². The Balaban J connectivity index is 1.18. The van der Waals surface area contributed by atoms with Crippen molar-refractivity contribution < 1.29 is 0 Å². The van der Waals surface area contributed by atoms with E-state index in [0.29, 0.717) is 5.82 Å². The normalized spacial score (nSPS) is 11.3. The SMILES string of the molecule is c1ccc(-c2c3ccccc3c(-c3cccc(-c4cc(-c5cnc6ccccc6c5)nc(-c5cccc(-c6cccnc6)c5)n4)c3)c3ccccc23)cc1. The molecule has 0 amide bonds. The minimum atomic E-state index is 0.648. The van der Waals surface area contributed by atoms with Crippen LogP contribution in [0.2, 0.25) is 0 Å². The number of benzene rings is 7. The van der Waals surface area contributed by atoms with Gasteiger partial charge in [0.05, 0.1) is 16.9 Å². The second kappa shape index (κ2) is 13.4. The van der Waals surface area contributed by atoms with Gasteiger partial charge in [-0.1, -0.05) is 140 Å². The van der Waals surface area contributed by atoms with E-state index in [1.165, 1.54) is 38.2 Å². The molecule has 0 N–H and O–H groups in total. The molecule has 54 heavy (non-hydrogen) atoms. The van der Waals surface area contributed by atoms with Gasteiger partial charge in [0, 0.05) is 46.2 Å². The molecule has 0 aliphatic heterocycles. The van der Waals surface area contributed by atoms with Gasteiger partial charge in [0.25, 0.3) is 0 Å². The lowest BCUT2D eigenvalue weighted by molar-refractivity contribution is 1.18. The number of nitrogens with zero attached hydrogens (tertiary/aromatic N) is 4. The van der Waals surface area contributed by atoms with Crippen LogP contribution in [0.4, 0.5) is 0 Å². The summed E-state index contributed by atoms with van der Waals surface area (Å²) in [5, 5.41) is 5.95.